The summed E-state index contributed by atoms with van der Waals surface area (Å²) in [4.78, 5) is 84.9. The third kappa shape index (κ3) is 20.6. The van der Waals surface area contributed by atoms with Crippen LogP contribution in [0.15, 0.2) is 134 Å². The first-order chi connectivity index (χ1) is 45.1. The monoisotopic (exact) mass is 1380 g/mol. The van der Waals surface area contributed by atoms with Gasteiger partial charge in [0.05, 0.1) is 46.9 Å². The highest BCUT2D eigenvalue weighted by Gasteiger charge is 2.48. The largest absolute Gasteiger partial charge is 0.469 e. The molecule has 510 valence electrons. The van der Waals surface area contributed by atoms with Crippen molar-refractivity contribution in [1.82, 2.24) is 41.9 Å². The molecule has 6 atom stereocenters. The van der Waals surface area contributed by atoms with E-state index in [9.17, 15) is 63.9 Å². The van der Waals surface area contributed by atoms with E-state index >= 15 is 8.78 Å². The molecule has 8 rings (SSSR count). The number of nitrogens with zero attached hydrogens (tertiary/aromatic N) is 2. The Morgan fingerprint density at radius 3 is 1.39 bits per heavy atom. The van der Waals surface area contributed by atoms with E-state index in [2.05, 4.69) is 56.1 Å². The Morgan fingerprint density at radius 1 is 0.568 bits per heavy atom. The molecule has 2 fully saturated rings. The standard InChI is InChI=1S/C35H38ClF5N4O5.C31H30ClF5N4O4/c1-49-30(46)13-6-3-7-16-42-31(47)27-11-8-12-28(27)44-33(48)45-34(20-22-9-4-2-5-10-22,29-15-14-24(36)21-43-29)23-17-25(37)19-26(18-23)50-35(40,41)32(38)39;1-18(42)16-39-27(43)24-8-5-9-25(24)40-29(44)41-30(15-19-6-3-2-4-7-19,26-11-10-21(32)17-38-26)20-12-22(33)14-23(13-20)45-31(36,37)28(34)35/h2,4-5,9-10,14-15,17-19,21,27-28,32H,3,6-8,11-13,16,20H2,1H3,(H,42,47)(H2,44,45,48);2-4,6-7,10-14,17,24-25,28H,5,8-9,15-16H2,1H3,(H,39,43)(H2,40,41,44)/t27-,28+,34-;24-,25+,30-/m00/s1. The van der Waals surface area contributed by atoms with E-state index in [1.165, 1.54) is 50.7 Å². The number of ether oxygens (including phenoxy) is 3. The summed E-state index contributed by atoms with van der Waals surface area (Å²) in [6.07, 6.45) is -10.5. The molecule has 0 saturated heterocycles. The van der Waals surface area contributed by atoms with E-state index in [-0.39, 0.29) is 76.0 Å². The van der Waals surface area contributed by atoms with Crippen molar-refractivity contribution < 1.29 is 86.9 Å². The van der Waals surface area contributed by atoms with Gasteiger partial charge in [0.15, 0.2) is 0 Å². The van der Waals surface area contributed by atoms with E-state index in [0.717, 1.165) is 24.3 Å². The summed E-state index contributed by atoms with van der Waals surface area (Å²) in [6.45, 7) is 1.55. The first-order valence-corrected chi connectivity index (χ1v) is 30.8. The summed E-state index contributed by atoms with van der Waals surface area (Å²) < 4.78 is 151. The number of carbonyl (C=O) groups excluding carboxylic acids is 6. The highest BCUT2D eigenvalue weighted by Crippen LogP contribution is 2.40. The van der Waals surface area contributed by atoms with Crippen molar-refractivity contribution in [3.05, 3.63) is 189 Å². The minimum Gasteiger partial charge on any atom is -0.469 e. The van der Waals surface area contributed by atoms with Gasteiger partial charge in [0.25, 0.3) is 0 Å². The lowest BCUT2D eigenvalue weighted by molar-refractivity contribution is -0.253. The number of methoxy groups -OCH3 is 1. The number of urea groups is 2. The number of esters is 1. The van der Waals surface area contributed by atoms with Crippen LogP contribution >= 0.6 is 23.2 Å². The molecule has 17 nitrogen and oxygen atoms in total. The number of amides is 6. The molecule has 2 saturated carbocycles. The van der Waals surface area contributed by atoms with Gasteiger partial charge in [-0.15, -0.1) is 0 Å². The van der Waals surface area contributed by atoms with Crippen LogP contribution in [0.4, 0.5) is 53.5 Å². The van der Waals surface area contributed by atoms with E-state index in [4.69, 9.17) is 23.2 Å². The molecular weight excluding hydrogens is 1310 g/mol. The van der Waals surface area contributed by atoms with Crippen LogP contribution in [0.5, 0.6) is 11.5 Å². The zero-order chi connectivity index (χ0) is 69.1. The summed E-state index contributed by atoms with van der Waals surface area (Å²) >= 11 is 12.2. The maximum atomic E-state index is 15.1. The van der Waals surface area contributed by atoms with Gasteiger partial charge in [-0.25, -0.2) is 18.4 Å². The Bertz CT molecular complexity index is 3580. The number of carbonyl (C=O) groups is 6. The molecule has 2 aliphatic carbocycles. The predicted molar refractivity (Wildman–Crippen MR) is 329 cm³/mol. The molecule has 0 bridgehead atoms. The van der Waals surface area contributed by atoms with Crippen molar-refractivity contribution in [3.8, 4) is 11.5 Å². The molecule has 95 heavy (non-hydrogen) atoms. The SMILES string of the molecule is CC(=O)CNC(=O)[C@H]1CCC[C@H]1NC(=O)N[C@@](Cc1ccccc1)(c1cc(F)cc(OC(F)(F)C(F)F)c1)c1ccc(Cl)cn1.COC(=O)CCCCCNC(=O)[C@H]1CCC[C@H]1NC(=O)N[C@@](Cc1ccccc1)(c1cc(F)cc(OC(F)(F)C(F)F)c1)c1ccc(Cl)cn1. The average molecular weight is 1380 g/mol. The van der Waals surface area contributed by atoms with Gasteiger partial charge < -0.3 is 46.1 Å². The summed E-state index contributed by atoms with van der Waals surface area (Å²) in [5.74, 6) is -6.43. The molecule has 2 aliphatic rings. The molecule has 0 unspecified atom stereocenters. The zero-order valence-corrected chi connectivity index (χ0v) is 52.7. The number of halogens is 12. The van der Waals surface area contributed by atoms with Crippen molar-refractivity contribution in [2.45, 2.75) is 132 Å². The molecule has 2 heterocycles. The molecular formula is C66H68Cl2F10N8O9. The molecule has 0 spiro atoms. The fraction of sp³-hybridized carbons (Fsp3) is 0.394. The Kier molecular flexibility index (Phi) is 26.1. The number of ketones is 1. The van der Waals surface area contributed by atoms with Gasteiger partial charge in [-0.3, -0.25) is 29.1 Å². The number of benzene rings is 4. The van der Waals surface area contributed by atoms with Crippen LogP contribution in [-0.4, -0.2) is 103 Å². The topological polar surface area (TPSA) is 228 Å². The summed E-state index contributed by atoms with van der Waals surface area (Å²) in [5.41, 5.74) is -2.47. The Balaban J connectivity index is 0.000000270. The second-order valence-corrected chi connectivity index (χ2v) is 23.6. The minimum absolute atomic E-state index is 0.102. The normalized spacial score (nSPS) is 17.4. The van der Waals surface area contributed by atoms with Crippen LogP contribution in [0.25, 0.3) is 0 Å². The molecule has 6 N–H and O–H groups in total. The van der Waals surface area contributed by atoms with Crippen LogP contribution in [0, 0.1) is 23.5 Å². The van der Waals surface area contributed by atoms with Crippen LogP contribution in [0.3, 0.4) is 0 Å². The molecule has 6 aromatic rings. The Morgan fingerprint density at radius 2 is 1.00 bits per heavy atom. The van der Waals surface area contributed by atoms with Gasteiger partial charge in [0.1, 0.15) is 40.0 Å². The van der Waals surface area contributed by atoms with Crippen molar-refractivity contribution in [1.29, 1.82) is 0 Å². The van der Waals surface area contributed by atoms with E-state index in [0.29, 0.717) is 87.6 Å². The van der Waals surface area contributed by atoms with Gasteiger partial charge in [-0.2, -0.15) is 35.1 Å². The fourth-order valence-corrected chi connectivity index (χ4v) is 11.5. The average Bonchev–Trinajstić information content (AvgIpc) is 0.891. The maximum absolute atomic E-state index is 15.1. The van der Waals surface area contributed by atoms with Crippen LogP contribution in [0.2, 0.25) is 10.0 Å². The number of hydrogen-bond acceptors (Lipinski definition) is 11. The lowest BCUT2D eigenvalue weighted by Gasteiger charge is -2.36. The van der Waals surface area contributed by atoms with E-state index < -0.39 is 101 Å². The number of unbranched alkanes of at least 4 members (excludes halogenated alkanes) is 2. The minimum atomic E-state index is -4.93. The summed E-state index contributed by atoms with van der Waals surface area (Å²) in [6, 6.07) is 25.0. The molecule has 0 aliphatic heterocycles. The molecule has 4 aromatic carbocycles. The number of rotatable bonds is 28. The number of alkyl halides is 8. The third-order valence-corrected chi connectivity index (χ3v) is 16.2. The van der Waals surface area contributed by atoms with Gasteiger partial charge >= 0.3 is 43.1 Å². The second-order valence-electron chi connectivity index (χ2n) is 22.7. The number of Topliss-reactive ketones (excluding diaryl/α,β-unsaturated/α-hetero) is 1. The Labute approximate surface area is 550 Å². The molecule has 29 heteroatoms. The quantitative estimate of drug-likeness (QED) is 0.0154. The fourth-order valence-electron chi connectivity index (χ4n) is 11.3. The van der Waals surface area contributed by atoms with E-state index in [1.807, 2.05) is 0 Å². The number of hydrogen-bond donors (Lipinski definition) is 6. The van der Waals surface area contributed by atoms with E-state index in [1.54, 1.807) is 60.7 Å². The van der Waals surface area contributed by atoms with Crippen LogP contribution in [0.1, 0.15) is 105 Å². The molecule has 0 radical (unpaired) electrons. The van der Waals surface area contributed by atoms with Crippen molar-refractivity contribution in [2.24, 2.45) is 11.8 Å². The number of pyridine rings is 2. The smallest absolute Gasteiger partial charge is 0.461 e. The van der Waals surface area contributed by atoms with Crippen molar-refractivity contribution in [2.75, 3.05) is 20.2 Å². The van der Waals surface area contributed by atoms with Gasteiger partial charge in [0.2, 0.25) is 11.8 Å². The number of nitrogens with one attached hydrogen (secondary N) is 6. The lowest BCUT2D eigenvalue weighted by atomic mass is 9.80. The molecule has 6 amide bonds. The van der Waals surface area contributed by atoms with Crippen molar-refractivity contribution >= 4 is 58.8 Å². The van der Waals surface area contributed by atoms with Gasteiger partial charge in [-0.1, -0.05) is 103 Å². The first-order valence-electron chi connectivity index (χ1n) is 30.0. The highest BCUT2D eigenvalue weighted by molar-refractivity contribution is 6.30. The Hall–Kier alpha value is -8.72. The maximum Gasteiger partial charge on any atom is 0.461 e. The summed E-state index contributed by atoms with van der Waals surface area (Å²) in [7, 11) is 1.32. The van der Waals surface area contributed by atoms with Crippen LogP contribution < -0.4 is 41.4 Å². The predicted octanol–water partition coefficient (Wildman–Crippen LogP) is 12.7. The molecule has 2 aromatic heterocycles. The second kappa shape index (κ2) is 33.6. The summed E-state index contributed by atoms with van der Waals surface area (Å²) in [5, 5.41) is 17.2. The van der Waals surface area contributed by atoms with Gasteiger partial charge in [-0.05, 0) is 116 Å². The highest BCUT2D eigenvalue weighted by atomic mass is 35.5. The number of aromatic nitrogens is 2. The third-order valence-electron chi connectivity index (χ3n) is 15.8. The van der Waals surface area contributed by atoms with Crippen LogP contribution in [-0.2, 0) is 47.8 Å². The lowest BCUT2D eigenvalue weighted by Crippen LogP contribution is -2.55. The zero-order valence-electron chi connectivity index (χ0n) is 51.2. The van der Waals surface area contributed by atoms with Gasteiger partial charge in [0, 0.05) is 62.4 Å². The van der Waals surface area contributed by atoms with Crippen molar-refractivity contribution in [3.63, 3.8) is 0 Å². The first kappa shape index (κ1) is 73.7.